The maximum absolute atomic E-state index is 9.37. The Hall–Kier alpha value is -1.21. The minimum Gasteiger partial charge on any atom is -0.453 e. The van der Waals surface area contributed by atoms with Gasteiger partial charge in [-0.15, -0.1) is 12.8 Å². The molecule has 0 bridgehead atoms. The Kier molecular flexibility index (Phi) is 14.7. The number of hydrogen-bond acceptors (Lipinski definition) is 3. The summed E-state index contributed by atoms with van der Waals surface area (Å²) in [5.41, 5.74) is 4.43. The lowest BCUT2D eigenvalue weighted by Gasteiger charge is -2.08. The summed E-state index contributed by atoms with van der Waals surface area (Å²) in [6.45, 7) is 2.00. The van der Waals surface area contributed by atoms with Gasteiger partial charge in [-0.2, -0.15) is 0 Å². The van der Waals surface area contributed by atoms with Crippen molar-refractivity contribution in [2.45, 2.75) is 19.3 Å². The van der Waals surface area contributed by atoms with E-state index in [0.29, 0.717) is 0 Å². The van der Waals surface area contributed by atoms with Crippen LogP contribution in [0.1, 0.15) is 19.3 Å². The molecule has 0 aromatic heterocycles. The molecule has 1 aliphatic heterocycles. The van der Waals surface area contributed by atoms with Crippen LogP contribution in [0.25, 0.3) is 0 Å². The number of primary amides is 1. The fraction of sp³-hybridized carbons (Fsp3) is 0.667. The summed E-state index contributed by atoms with van der Waals surface area (Å²) < 4.78 is 8.96. The zero-order chi connectivity index (χ0) is 10.5. The first-order valence-electron chi connectivity index (χ1n) is 4.02. The number of nitrogens with two attached hydrogens (primary N) is 1. The van der Waals surface area contributed by atoms with Crippen molar-refractivity contribution in [1.29, 1.82) is 0 Å². The topological polar surface area (TPSA) is 61.6 Å². The van der Waals surface area contributed by atoms with Gasteiger partial charge in [0, 0.05) is 13.2 Å². The second kappa shape index (κ2) is 13.4. The van der Waals surface area contributed by atoms with Crippen LogP contribution in [0.4, 0.5) is 4.79 Å². The highest BCUT2D eigenvalue weighted by atomic mass is 16.5. The second-order valence-corrected chi connectivity index (χ2v) is 2.20. The van der Waals surface area contributed by atoms with Crippen LogP contribution in [0, 0.1) is 12.8 Å². The first-order chi connectivity index (χ1) is 6.27. The summed E-state index contributed by atoms with van der Waals surface area (Å²) in [5, 5.41) is 0. The molecule has 76 valence electrons. The van der Waals surface area contributed by atoms with E-state index in [0.717, 1.165) is 13.2 Å². The van der Waals surface area contributed by atoms with E-state index < -0.39 is 6.09 Å². The van der Waals surface area contributed by atoms with Gasteiger partial charge in [0.2, 0.25) is 0 Å². The predicted molar refractivity (Wildman–Crippen MR) is 51.2 cm³/mol. The van der Waals surface area contributed by atoms with Crippen molar-refractivity contribution in [3.8, 4) is 12.8 Å². The first-order valence-corrected chi connectivity index (χ1v) is 4.02. The number of rotatable bonds is 0. The fourth-order valence-electron chi connectivity index (χ4n) is 0.687. The van der Waals surface area contributed by atoms with Crippen LogP contribution < -0.4 is 5.73 Å². The summed E-state index contributed by atoms with van der Waals surface area (Å²) in [6.07, 6.45) is 11.2. The van der Waals surface area contributed by atoms with Gasteiger partial charge in [-0.3, -0.25) is 0 Å². The van der Waals surface area contributed by atoms with Crippen molar-refractivity contribution < 1.29 is 14.3 Å². The van der Waals surface area contributed by atoms with Crippen molar-refractivity contribution in [2.75, 3.05) is 20.3 Å². The smallest absolute Gasteiger partial charge is 0.404 e. The predicted octanol–water partition coefficient (Wildman–Crippen LogP) is 1.15. The highest BCUT2D eigenvalue weighted by Crippen LogP contribution is 2.02. The monoisotopic (exact) mass is 187 g/mol. The fourth-order valence-corrected chi connectivity index (χ4v) is 0.687. The summed E-state index contributed by atoms with van der Waals surface area (Å²) >= 11 is 0. The molecule has 0 unspecified atom stereocenters. The van der Waals surface area contributed by atoms with Gasteiger partial charge in [0.25, 0.3) is 0 Å². The van der Waals surface area contributed by atoms with Gasteiger partial charge >= 0.3 is 6.09 Å². The highest BCUT2D eigenvalue weighted by Gasteiger charge is 1.94. The number of amides is 1. The van der Waals surface area contributed by atoms with Crippen molar-refractivity contribution in [3.05, 3.63) is 0 Å². The third-order valence-electron chi connectivity index (χ3n) is 1.28. The van der Waals surface area contributed by atoms with Gasteiger partial charge in [-0.1, -0.05) is 0 Å². The number of carbonyl (C=O) groups excluding carboxylic acids is 1. The normalized spacial score (nSPS) is 13.8. The molecule has 13 heavy (non-hydrogen) atoms. The van der Waals surface area contributed by atoms with Crippen molar-refractivity contribution in [1.82, 2.24) is 0 Å². The number of terminal acetylenes is 1. The van der Waals surface area contributed by atoms with Gasteiger partial charge in [0.1, 0.15) is 0 Å². The Morgan fingerprint density at radius 3 is 1.77 bits per heavy atom. The highest BCUT2D eigenvalue weighted by molar-refractivity contribution is 5.64. The SMILES string of the molecule is C#C.C1CCOCC1.COC(N)=O. The lowest BCUT2D eigenvalue weighted by molar-refractivity contribution is 0.0968. The van der Waals surface area contributed by atoms with Gasteiger partial charge in [0.05, 0.1) is 7.11 Å². The average Bonchev–Trinajstić information content (AvgIpc) is 2.24. The zero-order valence-electron chi connectivity index (χ0n) is 7.99. The van der Waals surface area contributed by atoms with Crippen molar-refractivity contribution in [3.63, 3.8) is 0 Å². The van der Waals surface area contributed by atoms with Gasteiger partial charge in [-0.05, 0) is 19.3 Å². The number of methoxy groups -OCH3 is 1. The van der Waals surface area contributed by atoms with Gasteiger partial charge in [0.15, 0.2) is 0 Å². The molecule has 4 nitrogen and oxygen atoms in total. The van der Waals surface area contributed by atoms with Crippen LogP contribution in [0.5, 0.6) is 0 Å². The molecule has 4 heteroatoms. The van der Waals surface area contributed by atoms with Gasteiger partial charge in [-0.25, -0.2) is 4.79 Å². The van der Waals surface area contributed by atoms with Crippen LogP contribution >= 0.6 is 0 Å². The molecule has 0 aliphatic carbocycles. The molecule has 1 aliphatic rings. The largest absolute Gasteiger partial charge is 0.453 e. The summed E-state index contributed by atoms with van der Waals surface area (Å²) in [7, 11) is 1.22. The first kappa shape index (κ1) is 14.3. The molecule has 0 atom stereocenters. The van der Waals surface area contributed by atoms with Crippen LogP contribution in [0.15, 0.2) is 0 Å². The van der Waals surface area contributed by atoms with E-state index in [-0.39, 0.29) is 0 Å². The summed E-state index contributed by atoms with van der Waals surface area (Å²) in [5.74, 6) is 0. The molecule has 1 amide bonds. The van der Waals surface area contributed by atoms with Gasteiger partial charge < -0.3 is 15.2 Å². The second-order valence-electron chi connectivity index (χ2n) is 2.20. The Bertz CT molecular complexity index is 119. The molecule has 1 heterocycles. The number of carbonyl (C=O) groups is 1. The van der Waals surface area contributed by atoms with Crippen molar-refractivity contribution >= 4 is 6.09 Å². The maximum Gasteiger partial charge on any atom is 0.404 e. The number of ether oxygens (including phenoxy) is 2. The third-order valence-corrected chi connectivity index (χ3v) is 1.28. The summed E-state index contributed by atoms with van der Waals surface area (Å²) in [4.78, 5) is 9.37. The lowest BCUT2D eigenvalue weighted by Crippen LogP contribution is -2.08. The van der Waals surface area contributed by atoms with E-state index >= 15 is 0 Å². The Balaban J connectivity index is 0. The van der Waals surface area contributed by atoms with E-state index in [4.69, 9.17) is 4.74 Å². The lowest BCUT2D eigenvalue weighted by atomic mass is 10.2. The number of hydrogen-bond donors (Lipinski definition) is 1. The molecule has 1 rings (SSSR count). The average molecular weight is 187 g/mol. The van der Waals surface area contributed by atoms with E-state index in [9.17, 15) is 4.79 Å². The van der Waals surface area contributed by atoms with E-state index in [1.165, 1.54) is 26.4 Å². The van der Waals surface area contributed by atoms with Crippen LogP contribution in [-0.2, 0) is 9.47 Å². The zero-order valence-corrected chi connectivity index (χ0v) is 7.99. The maximum atomic E-state index is 9.37. The molecule has 0 aromatic carbocycles. The summed E-state index contributed by atoms with van der Waals surface area (Å²) in [6, 6.07) is 0. The molecule has 1 saturated heterocycles. The minimum absolute atomic E-state index is 0.745. The molecule has 0 spiro atoms. The molecular weight excluding hydrogens is 170 g/mol. The minimum atomic E-state index is -0.745. The molecule has 1 fully saturated rings. The molecule has 2 N–H and O–H groups in total. The van der Waals surface area contributed by atoms with E-state index in [1.807, 2.05) is 0 Å². The van der Waals surface area contributed by atoms with E-state index in [2.05, 4.69) is 23.3 Å². The molecular formula is C9H17NO3. The Morgan fingerprint density at radius 1 is 1.31 bits per heavy atom. The third kappa shape index (κ3) is 18.1. The molecule has 0 saturated carbocycles. The van der Waals surface area contributed by atoms with E-state index in [1.54, 1.807) is 0 Å². The molecule has 0 aromatic rings. The molecule has 0 radical (unpaired) electrons. The van der Waals surface area contributed by atoms with Crippen LogP contribution in [0.3, 0.4) is 0 Å². The van der Waals surface area contributed by atoms with Crippen molar-refractivity contribution in [2.24, 2.45) is 5.73 Å². The standard InChI is InChI=1S/C5H10O.C2H5NO2.C2H2/c1-2-4-6-5-3-1;1-5-2(3)4;1-2/h1-5H2;1H3,(H2,3,4);1-2H. The Labute approximate surface area is 79.4 Å². The van der Waals surface area contributed by atoms with Crippen LogP contribution in [-0.4, -0.2) is 26.4 Å². The quantitative estimate of drug-likeness (QED) is 0.578. The van der Waals surface area contributed by atoms with Crippen LogP contribution in [0.2, 0.25) is 0 Å². The Morgan fingerprint density at radius 2 is 1.69 bits per heavy atom.